The van der Waals surface area contributed by atoms with Crippen LogP contribution in [0.15, 0.2) is 23.2 Å². The van der Waals surface area contributed by atoms with Crippen molar-refractivity contribution in [3.63, 3.8) is 0 Å². The number of rotatable bonds is 8. The second-order valence-corrected chi connectivity index (χ2v) is 7.26. The van der Waals surface area contributed by atoms with Crippen LogP contribution < -0.4 is 10.6 Å². The number of guanidine groups is 1. The molecule has 0 radical (unpaired) electrons. The van der Waals surface area contributed by atoms with Gasteiger partial charge in [-0.25, -0.2) is 0 Å². The Kier molecular flexibility index (Phi) is 11.9. The predicted molar refractivity (Wildman–Crippen MR) is 125 cm³/mol. The lowest BCUT2D eigenvalue weighted by Gasteiger charge is -2.32. The molecule has 1 aliphatic heterocycles. The Morgan fingerprint density at radius 1 is 1.19 bits per heavy atom. The number of methoxy groups -OCH3 is 1. The number of benzene rings is 1. The number of nitrogens with zero attached hydrogens (tertiary/aromatic N) is 2. The van der Waals surface area contributed by atoms with Gasteiger partial charge in [0.15, 0.2) is 5.96 Å². The van der Waals surface area contributed by atoms with E-state index >= 15 is 0 Å². The molecule has 0 aliphatic carbocycles. The fraction of sp³-hybridized carbons (Fsp3) is 0.667. The molecule has 0 spiro atoms. The molecule has 27 heavy (non-hydrogen) atoms. The van der Waals surface area contributed by atoms with E-state index in [9.17, 15) is 0 Å². The van der Waals surface area contributed by atoms with Gasteiger partial charge in [-0.15, -0.1) is 24.0 Å². The van der Waals surface area contributed by atoms with E-state index in [2.05, 4.69) is 54.5 Å². The fourth-order valence-corrected chi connectivity index (χ4v) is 3.54. The smallest absolute Gasteiger partial charge is 0.191 e. The summed E-state index contributed by atoms with van der Waals surface area (Å²) in [5, 5.41) is 7.01. The summed E-state index contributed by atoms with van der Waals surface area (Å²) in [6.07, 6.45) is 3.30. The van der Waals surface area contributed by atoms with Crippen molar-refractivity contribution in [2.24, 2.45) is 4.99 Å². The monoisotopic (exact) mass is 488 g/mol. The number of aliphatic imine (C=N–C) groups is 1. The minimum absolute atomic E-state index is 0. The highest BCUT2D eigenvalue weighted by molar-refractivity contribution is 14.0. The molecule has 1 heterocycles. The average molecular weight is 488 g/mol. The number of ether oxygens (including phenoxy) is 1. The van der Waals surface area contributed by atoms with E-state index in [1.165, 1.54) is 16.7 Å². The van der Waals surface area contributed by atoms with Crippen molar-refractivity contribution >= 4 is 29.9 Å². The Labute approximate surface area is 182 Å². The van der Waals surface area contributed by atoms with Crippen LogP contribution in [0.2, 0.25) is 0 Å². The lowest BCUT2D eigenvalue weighted by molar-refractivity contribution is 0.128. The first-order valence-electron chi connectivity index (χ1n) is 9.94. The molecule has 2 rings (SSSR count). The largest absolute Gasteiger partial charge is 0.383 e. The van der Waals surface area contributed by atoms with Gasteiger partial charge in [-0.1, -0.05) is 29.3 Å². The van der Waals surface area contributed by atoms with Crippen molar-refractivity contribution in [2.75, 3.05) is 46.4 Å². The highest BCUT2D eigenvalue weighted by atomic mass is 127. The summed E-state index contributed by atoms with van der Waals surface area (Å²) in [6.45, 7) is 12.2. The minimum Gasteiger partial charge on any atom is -0.383 e. The van der Waals surface area contributed by atoms with Gasteiger partial charge >= 0.3 is 0 Å². The number of nitrogens with one attached hydrogen (secondary N) is 2. The lowest BCUT2D eigenvalue weighted by atomic mass is 10.1. The number of likely N-dealkylation sites (tertiary alicyclic amines) is 1. The SMILES string of the molecule is CCNC(=NCCc1cc(C)cc(C)c1)NC1CCN(CCOC)CC1.I. The first-order valence-corrected chi connectivity index (χ1v) is 9.94. The molecule has 0 bridgehead atoms. The molecule has 1 aliphatic rings. The average Bonchev–Trinajstić information content (AvgIpc) is 2.60. The van der Waals surface area contributed by atoms with E-state index in [1.54, 1.807) is 7.11 Å². The van der Waals surface area contributed by atoms with Gasteiger partial charge in [0, 0.05) is 45.9 Å². The normalized spacial score (nSPS) is 16.1. The maximum Gasteiger partial charge on any atom is 0.191 e. The molecule has 154 valence electrons. The topological polar surface area (TPSA) is 48.9 Å². The standard InChI is InChI=1S/C21H36N4O.HI/c1-5-22-21(23-9-6-19-15-17(2)14-18(3)16-19)24-20-7-10-25(11-8-20)12-13-26-4;/h14-16,20H,5-13H2,1-4H3,(H2,22,23,24);1H. The zero-order valence-corrected chi connectivity index (χ0v) is 19.7. The zero-order valence-electron chi connectivity index (χ0n) is 17.4. The molecule has 1 aromatic carbocycles. The molecule has 0 unspecified atom stereocenters. The van der Waals surface area contributed by atoms with Crippen LogP contribution in [0.5, 0.6) is 0 Å². The first kappa shape index (κ1) is 24.2. The van der Waals surface area contributed by atoms with Gasteiger partial charge in [-0.05, 0) is 45.6 Å². The van der Waals surface area contributed by atoms with Crippen molar-refractivity contribution in [2.45, 2.75) is 46.1 Å². The van der Waals surface area contributed by atoms with E-state index < -0.39 is 0 Å². The van der Waals surface area contributed by atoms with Crippen LogP contribution in [-0.4, -0.2) is 63.3 Å². The molecule has 1 fully saturated rings. The molecular weight excluding hydrogens is 451 g/mol. The van der Waals surface area contributed by atoms with Crippen molar-refractivity contribution in [1.29, 1.82) is 0 Å². The van der Waals surface area contributed by atoms with E-state index in [-0.39, 0.29) is 24.0 Å². The van der Waals surface area contributed by atoms with E-state index in [0.717, 1.165) is 64.6 Å². The van der Waals surface area contributed by atoms with Crippen LogP contribution in [0.4, 0.5) is 0 Å². The van der Waals surface area contributed by atoms with Crippen LogP contribution in [0.1, 0.15) is 36.5 Å². The van der Waals surface area contributed by atoms with Crippen LogP contribution >= 0.6 is 24.0 Å². The van der Waals surface area contributed by atoms with Gasteiger partial charge in [-0.3, -0.25) is 4.99 Å². The highest BCUT2D eigenvalue weighted by Gasteiger charge is 2.19. The second-order valence-electron chi connectivity index (χ2n) is 7.26. The molecule has 1 saturated heterocycles. The van der Waals surface area contributed by atoms with Crippen molar-refractivity contribution in [3.05, 3.63) is 34.9 Å². The third-order valence-electron chi connectivity index (χ3n) is 4.84. The third-order valence-corrected chi connectivity index (χ3v) is 4.84. The summed E-state index contributed by atoms with van der Waals surface area (Å²) in [7, 11) is 1.77. The summed E-state index contributed by atoms with van der Waals surface area (Å²) in [6, 6.07) is 7.25. The van der Waals surface area contributed by atoms with Gasteiger partial charge in [0.1, 0.15) is 0 Å². The maximum absolute atomic E-state index is 5.18. The Balaban J connectivity index is 0.00000364. The molecule has 6 heteroatoms. The van der Waals surface area contributed by atoms with Crippen LogP contribution in [0.3, 0.4) is 0 Å². The second kappa shape index (κ2) is 13.3. The molecule has 5 nitrogen and oxygen atoms in total. The summed E-state index contributed by atoms with van der Waals surface area (Å²) >= 11 is 0. The molecule has 0 saturated carbocycles. The fourth-order valence-electron chi connectivity index (χ4n) is 3.54. The summed E-state index contributed by atoms with van der Waals surface area (Å²) < 4.78 is 5.18. The van der Waals surface area contributed by atoms with Gasteiger partial charge in [0.25, 0.3) is 0 Å². The summed E-state index contributed by atoms with van der Waals surface area (Å²) in [5.41, 5.74) is 4.03. The predicted octanol–water partition coefficient (Wildman–Crippen LogP) is 3.13. The molecular formula is C21H37IN4O. The van der Waals surface area contributed by atoms with E-state index in [4.69, 9.17) is 9.73 Å². The molecule has 0 aromatic heterocycles. The van der Waals surface area contributed by atoms with Gasteiger partial charge in [0.05, 0.1) is 6.61 Å². The van der Waals surface area contributed by atoms with Crippen molar-refractivity contribution in [1.82, 2.24) is 15.5 Å². The molecule has 1 aromatic rings. The summed E-state index contributed by atoms with van der Waals surface area (Å²) in [5.74, 6) is 0.951. The first-order chi connectivity index (χ1) is 12.6. The van der Waals surface area contributed by atoms with E-state index in [1.807, 2.05) is 0 Å². The Bertz CT molecular complexity index is 551. The van der Waals surface area contributed by atoms with Gasteiger partial charge < -0.3 is 20.3 Å². The van der Waals surface area contributed by atoms with Crippen molar-refractivity contribution in [3.8, 4) is 0 Å². The quantitative estimate of drug-likeness (QED) is 0.336. The Morgan fingerprint density at radius 3 is 2.44 bits per heavy atom. The van der Waals surface area contributed by atoms with Gasteiger partial charge in [0.2, 0.25) is 0 Å². The number of aryl methyl sites for hydroxylation is 2. The highest BCUT2D eigenvalue weighted by Crippen LogP contribution is 2.11. The maximum atomic E-state index is 5.18. The number of hydrogen-bond acceptors (Lipinski definition) is 3. The van der Waals surface area contributed by atoms with Crippen LogP contribution in [0.25, 0.3) is 0 Å². The van der Waals surface area contributed by atoms with Crippen LogP contribution in [0, 0.1) is 13.8 Å². The Hall–Kier alpha value is -0.860. The Morgan fingerprint density at radius 2 is 1.85 bits per heavy atom. The zero-order chi connectivity index (χ0) is 18.8. The summed E-state index contributed by atoms with van der Waals surface area (Å²) in [4.78, 5) is 7.27. The number of hydrogen-bond donors (Lipinski definition) is 2. The molecule has 0 atom stereocenters. The molecule has 0 amide bonds. The minimum atomic E-state index is 0. The van der Waals surface area contributed by atoms with Gasteiger partial charge in [-0.2, -0.15) is 0 Å². The third kappa shape index (κ3) is 9.25. The van der Waals surface area contributed by atoms with E-state index in [0.29, 0.717) is 6.04 Å². The van der Waals surface area contributed by atoms with Crippen molar-refractivity contribution < 1.29 is 4.74 Å². The molecule has 2 N–H and O–H groups in total. The van der Waals surface area contributed by atoms with Crippen LogP contribution in [-0.2, 0) is 11.2 Å². The number of halogens is 1. The lowest BCUT2D eigenvalue weighted by Crippen LogP contribution is -2.49. The number of piperidine rings is 1.